The van der Waals surface area contributed by atoms with E-state index in [0.717, 1.165) is 28.8 Å². The number of pyridine rings is 2. The molecule has 0 aliphatic carbocycles. The molecule has 1 fully saturated rings. The Balaban J connectivity index is 1.60. The highest BCUT2D eigenvalue weighted by Gasteiger charge is 2.43. The average Bonchev–Trinajstić information content (AvgIpc) is 3.47. The van der Waals surface area contributed by atoms with E-state index in [1.165, 1.54) is 24.7 Å². The molecule has 0 bridgehead atoms. The van der Waals surface area contributed by atoms with Crippen LogP contribution in [0.15, 0.2) is 55.1 Å². The molecule has 1 aromatic carbocycles. The molecule has 1 unspecified atom stereocenters. The van der Waals surface area contributed by atoms with Gasteiger partial charge in [-0.1, -0.05) is 29.8 Å². The van der Waals surface area contributed by atoms with Crippen LogP contribution in [0.2, 0.25) is 5.15 Å². The SMILES string of the molecule is NC(=O)c1c(-c2cccc3c(C4CCN4)nccc23)nn(-c2cncc(-n3ncc(Cl)n3)c2)c1C(F)(F)F. The molecule has 1 atom stereocenters. The van der Waals surface area contributed by atoms with E-state index < -0.39 is 23.3 Å². The normalized spacial score (nSPS) is 15.5. The first-order valence-electron chi connectivity index (χ1n) is 11.4. The van der Waals surface area contributed by atoms with Crippen LogP contribution < -0.4 is 11.1 Å². The van der Waals surface area contributed by atoms with Crippen molar-refractivity contribution in [2.75, 3.05) is 6.54 Å². The molecule has 1 aliphatic heterocycles. The average molecular weight is 540 g/mol. The topological polar surface area (TPSA) is 129 Å². The highest BCUT2D eigenvalue weighted by atomic mass is 35.5. The van der Waals surface area contributed by atoms with Gasteiger partial charge in [0.25, 0.3) is 5.91 Å². The molecule has 5 aromatic rings. The van der Waals surface area contributed by atoms with Crippen molar-refractivity contribution in [2.45, 2.75) is 18.6 Å². The highest BCUT2D eigenvalue weighted by molar-refractivity contribution is 6.29. The number of rotatable bonds is 5. The third-order valence-electron chi connectivity index (χ3n) is 6.29. The molecule has 1 amide bonds. The van der Waals surface area contributed by atoms with Crippen molar-refractivity contribution < 1.29 is 18.0 Å². The Kier molecular flexibility index (Phi) is 5.61. The van der Waals surface area contributed by atoms with E-state index in [2.05, 4.69) is 30.6 Å². The molecule has 5 heterocycles. The summed E-state index contributed by atoms with van der Waals surface area (Å²) in [5.41, 5.74) is 4.50. The number of alkyl halides is 3. The molecule has 3 N–H and O–H groups in total. The second-order valence-electron chi connectivity index (χ2n) is 8.60. The zero-order chi connectivity index (χ0) is 26.6. The van der Waals surface area contributed by atoms with Crippen LogP contribution in [0.1, 0.15) is 34.2 Å². The molecular formula is C24H17ClF3N9O. The maximum atomic E-state index is 14.5. The van der Waals surface area contributed by atoms with E-state index in [9.17, 15) is 18.0 Å². The maximum Gasteiger partial charge on any atom is 0.434 e. The largest absolute Gasteiger partial charge is 0.434 e. The molecule has 0 radical (unpaired) electrons. The smallest absolute Gasteiger partial charge is 0.365 e. The first kappa shape index (κ1) is 24.0. The Hall–Kier alpha value is -4.36. The lowest BCUT2D eigenvalue weighted by molar-refractivity contribution is -0.143. The summed E-state index contributed by atoms with van der Waals surface area (Å²) >= 11 is 5.83. The summed E-state index contributed by atoms with van der Waals surface area (Å²) in [4.78, 5) is 22.2. The summed E-state index contributed by atoms with van der Waals surface area (Å²) in [6.45, 7) is 0.848. The Bertz CT molecular complexity index is 1710. The van der Waals surface area contributed by atoms with Gasteiger partial charge in [-0.25, -0.2) is 4.68 Å². The van der Waals surface area contributed by atoms with Crippen molar-refractivity contribution in [3.05, 3.63) is 77.2 Å². The molecule has 14 heteroatoms. The molecule has 192 valence electrons. The fourth-order valence-electron chi connectivity index (χ4n) is 4.53. The van der Waals surface area contributed by atoms with Crippen LogP contribution in [-0.2, 0) is 6.18 Å². The number of fused-ring (bicyclic) bond motifs is 1. The Morgan fingerprint density at radius 2 is 1.89 bits per heavy atom. The van der Waals surface area contributed by atoms with E-state index in [1.54, 1.807) is 24.4 Å². The van der Waals surface area contributed by atoms with Crippen LogP contribution in [-0.4, -0.2) is 47.2 Å². The quantitative estimate of drug-likeness (QED) is 0.347. The predicted molar refractivity (Wildman–Crippen MR) is 131 cm³/mol. The van der Waals surface area contributed by atoms with Gasteiger partial charge < -0.3 is 11.1 Å². The molecule has 1 aliphatic rings. The fourth-order valence-corrected chi connectivity index (χ4v) is 4.65. The number of carbonyl (C=O) groups excluding carboxylic acids is 1. The number of hydrogen-bond donors (Lipinski definition) is 2. The minimum absolute atomic E-state index is 0.0334. The van der Waals surface area contributed by atoms with Gasteiger partial charge in [-0.3, -0.25) is 14.8 Å². The van der Waals surface area contributed by atoms with Gasteiger partial charge in [0.1, 0.15) is 11.4 Å². The number of nitrogens with one attached hydrogen (secondary N) is 1. The Morgan fingerprint density at radius 3 is 2.55 bits per heavy atom. The van der Waals surface area contributed by atoms with Crippen molar-refractivity contribution >= 4 is 28.3 Å². The number of hydrogen-bond acceptors (Lipinski definition) is 7. The van der Waals surface area contributed by atoms with E-state index >= 15 is 0 Å². The van der Waals surface area contributed by atoms with Crippen molar-refractivity contribution in [1.82, 2.24) is 40.1 Å². The minimum atomic E-state index is -4.98. The monoisotopic (exact) mass is 539 g/mol. The molecule has 10 nitrogen and oxygen atoms in total. The second kappa shape index (κ2) is 8.89. The van der Waals surface area contributed by atoms with Gasteiger partial charge >= 0.3 is 6.18 Å². The number of carbonyl (C=O) groups is 1. The summed E-state index contributed by atoms with van der Waals surface area (Å²) in [6.07, 6.45) is 1.29. The molecule has 6 rings (SSSR count). The van der Waals surface area contributed by atoms with Crippen molar-refractivity contribution in [3.8, 4) is 22.6 Å². The summed E-state index contributed by atoms with van der Waals surface area (Å²) in [7, 11) is 0. The van der Waals surface area contributed by atoms with Crippen LogP contribution in [0.5, 0.6) is 0 Å². The maximum absolute atomic E-state index is 14.5. The standard InChI is InChI=1S/C24H17ClF3N9O/c25-18-11-33-37(34-18)13-8-12(9-30-10-13)36-22(24(26,27)28)19(23(29)38)21(35-36)16-3-1-2-15-14(16)4-6-32-20(15)17-5-7-31-17/h1-4,6,8-11,17,31H,5,7H2,(H2,29,38). The Labute approximate surface area is 217 Å². The van der Waals surface area contributed by atoms with Gasteiger partial charge in [-0.15, -0.1) is 9.90 Å². The zero-order valence-electron chi connectivity index (χ0n) is 19.3. The lowest BCUT2D eigenvalue weighted by atomic mass is 9.94. The van der Waals surface area contributed by atoms with E-state index in [0.29, 0.717) is 15.6 Å². The molecule has 1 saturated heterocycles. The number of benzene rings is 1. The van der Waals surface area contributed by atoms with Crippen LogP contribution in [0, 0.1) is 0 Å². The lowest BCUT2D eigenvalue weighted by Crippen LogP contribution is -2.35. The number of nitrogens with two attached hydrogens (primary N) is 1. The highest BCUT2D eigenvalue weighted by Crippen LogP contribution is 2.41. The first-order valence-corrected chi connectivity index (χ1v) is 11.7. The van der Waals surface area contributed by atoms with E-state index in [4.69, 9.17) is 17.3 Å². The summed E-state index contributed by atoms with van der Waals surface area (Å²) in [5.74, 6) is -1.27. The van der Waals surface area contributed by atoms with Crippen LogP contribution in [0.3, 0.4) is 0 Å². The number of primary amides is 1. The minimum Gasteiger partial charge on any atom is -0.365 e. The number of halogens is 4. The van der Waals surface area contributed by atoms with Gasteiger partial charge in [0, 0.05) is 17.1 Å². The fraction of sp³-hybridized carbons (Fsp3) is 0.167. The van der Waals surface area contributed by atoms with Crippen molar-refractivity contribution in [1.29, 1.82) is 0 Å². The number of nitrogens with zero attached hydrogens (tertiary/aromatic N) is 7. The van der Waals surface area contributed by atoms with Gasteiger partial charge in [0.15, 0.2) is 10.8 Å². The summed E-state index contributed by atoms with van der Waals surface area (Å²) in [5, 5.41) is 16.9. The van der Waals surface area contributed by atoms with Crippen molar-refractivity contribution in [2.24, 2.45) is 5.73 Å². The molecule has 0 saturated carbocycles. The van der Waals surface area contributed by atoms with Gasteiger partial charge in [0.2, 0.25) is 0 Å². The molecular weight excluding hydrogens is 523 g/mol. The van der Waals surface area contributed by atoms with Crippen LogP contribution >= 0.6 is 11.6 Å². The van der Waals surface area contributed by atoms with Crippen molar-refractivity contribution in [3.63, 3.8) is 0 Å². The van der Waals surface area contributed by atoms with Gasteiger partial charge in [-0.05, 0) is 30.5 Å². The van der Waals surface area contributed by atoms with Crippen LogP contribution in [0.4, 0.5) is 13.2 Å². The third-order valence-corrected chi connectivity index (χ3v) is 6.47. The van der Waals surface area contributed by atoms with E-state index in [-0.39, 0.29) is 28.3 Å². The first-order chi connectivity index (χ1) is 18.2. The summed E-state index contributed by atoms with van der Waals surface area (Å²) in [6, 6.07) is 8.18. The van der Waals surface area contributed by atoms with Crippen LogP contribution in [0.25, 0.3) is 33.4 Å². The predicted octanol–water partition coefficient (Wildman–Crippen LogP) is 3.87. The lowest BCUT2D eigenvalue weighted by Gasteiger charge is -2.28. The number of amides is 1. The molecule has 0 spiro atoms. The van der Waals surface area contributed by atoms with Gasteiger partial charge in [-0.2, -0.15) is 23.4 Å². The summed E-state index contributed by atoms with van der Waals surface area (Å²) < 4.78 is 44.1. The third kappa shape index (κ3) is 3.96. The molecule has 38 heavy (non-hydrogen) atoms. The Morgan fingerprint density at radius 1 is 1.11 bits per heavy atom. The van der Waals surface area contributed by atoms with Gasteiger partial charge in [0.05, 0.1) is 41.6 Å². The second-order valence-corrected chi connectivity index (χ2v) is 8.98. The zero-order valence-corrected chi connectivity index (χ0v) is 20.1. The van der Waals surface area contributed by atoms with E-state index in [1.807, 2.05) is 6.07 Å². The number of aromatic nitrogens is 7. The molecule has 4 aromatic heterocycles.